The number of β-amino-alcohol motifs (C(OH)–C–C–N with tert-alkyl or cyclic N) is 1. The second kappa shape index (κ2) is 6.68. The zero-order chi connectivity index (χ0) is 18.2. The molecule has 2 fully saturated rings. The Morgan fingerprint density at radius 3 is 2.60 bits per heavy atom. The summed E-state index contributed by atoms with van der Waals surface area (Å²) in [6, 6.07) is 9.72. The first-order chi connectivity index (χ1) is 11.8. The van der Waals surface area contributed by atoms with Gasteiger partial charge in [-0.3, -0.25) is 4.79 Å². The Labute approximate surface area is 147 Å². The summed E-state index contributed by atoms with van der Waals surface area (Å²) < 4.78 is 21.9. The highest BCUT2D eigenvalue weighted by Crippen LogP contribution is 2.68. The number of primary sulfonamides is 1. The first-order valence-corrected chi connectivity index (χ1v) is 10.1. The lowest BCUT2D eigenvalue weighted by atomic mass is 9.95. The van der Waals surface area contributed by atoms with Gasteiger partial charge in [0.05, 0.1) is 11.9 Å². The van der Waals surface area contributed by atoms with Crippen LogP contribution >= 0.6 is 0 Å². The van der Waals surface area contributed by atoms with E-state index in [0.29, 0.717) is 6.54 Å². The van der Waals surface area contributed by atoms with Crippen molar-refractivity contribution in [2.45, 2.75) is 24.9 Å². The molecule has 1 heterocycles. The normalized spacial score (nSPS) is 31.5. The van der Waals surface area contributed by atoms with Gasteiger partial charge in [0, 0.05) is 31.5 Å². The molecule has 1 amide bonds. The van der Waals surface area contributed by atoms with Crippen LogP contribution in [0.25, 0.3) is 0 Å². The van der Waals surface area contributed by atoms with Gasteiger partial charge in [-0.15, -0.1) is 0 Å². The van der Waals surface area contributed by atoms with E-state index >= 15 is 0 Å². The van der Waals surface area contributed by atoms with Gasteiger partial charge in [-0.25, -0.2) is 13.6 Å². The number of rotatable bonds is 6. The standard InChI is InChI=1S/C17H24N2O5S/c18-25(23,24)8-4-7-15(22)19-9-14(21)17(11-19)13(10-20)16(17)12-5-2-1-3-6-12/h1-3,5-6,13-14,16,20-21H,4,7-11H2,(H2,18,23,24)/t13-,14-,16-,17-/m1/s1. The number of hydrogen-bond donors (Lipinski definition) is 3. The van der Waals surface area contributed by atoms with Crippen LogP contribution in [0.1, 0.15) is 24.3 Å². The first kappa shape index (κ1) is 18.3. The molecule has 2 aliphatic rings. The van der Waals surface area contributed by atoms with Crippen LogP contribution < -0.4 is 5.14 Å². The molecule has 1 aromatic carbocycles. The predicted octanol–water partition coefficient (Wildman–Crippen LogP) is -0.349. The lowest BCUT2D eigenvalue weighted by Crippen LogP contribution is -2.30. The largest absolute Gasteiger partial charge is 0.396 e. The average molecular weight is 368 g/mol. The van der Waals surface area contributed by atoms with Crippen LogP contribution in [0, 0.1) is 11.3 Å². The Morgan fingerprint density at radius 1 is 1.32 bits per heavy atom. The molecule has 0 radical (unpaired) electrons. The van der Waals surface area contributed by atoms with Crippen molar-refractivity contribution in [2.75, 3.05) is 25.4 Å². The molecule has 0 unspecified atom stereocenters. The summed E-state index contributed by atoms with van der Waals surface area (Å²) in [5.74, 6) is -0.468. The SMILES string of the molecule is NS(=O)(=O)CCCC(=O)N1C[C@@H](O)[C@@]2(C1)[C@H](CO)[C@H]2c1ccccc1. The number of benzene rings is 1. The van der Waals surface area contributed by atoms with E-state index in [0.717, 1.165) is 5.56 Å². The third-order valence-electron chi connectivity index (χ3n) is 5.57. The van der Waals surface area contributed by atoms with E-state index < -0.39 is 21.5 Å². The van der Waals surface area contributed by atoms with Crippen LogP contribution in [-0.4, -0.2) is 61.0 Å². The number of nitrogens with two attached hydrogens (primary N) is 1. The third-order valence-corrected chi connectivity index (χ3v) is 6.43. The lowest BCUT2D eigenvalue weighted by Gasteiger charge is -2.16. The monoisotopic (exact) mass is 368 g/mol. The quantitative estimate of drug-likeness (QED) is 0.634. The molecule has 1 spiro atoms. The number of likely N-dealkylation sites (tertiary alicyclic amines) is 1. The fourth-order valence-corrected chi connectivity index (χ4v) is 4.89. The molecule has 0 bridgehead atoms. The molecule has 138 valence electrons. The number of aliphatic hydroxyl groups excluding tert-OH is 2. The zero-order valence-electron chi connectivity index (χ0n) is 13.9. The number of carbonyl (C=O) groups is 1. The van der Waals surface area contributed by atoms with Crippen LogP contribution in [0.15, 0.2) is 30.3 Å². The lowest BCUT2D eigenvalue weighted by molar-refractivity contribution is -0.130. The number of carbonyl (C=O) groups excluding carboxylic acids is 1. The van der Waals surface area contributed by atoms with Gasteiger partial charge < -0.3 is 15.1 Å². The highest BCUT2D eigenvalue weighted by molar-refractivity contribution is 7.89. The molecule has 8 heteroatoms. The first-order valence-electron chi connectivity index (χ1n) is 8.41. The Morgan fingerprint density at radius 2 is 2.00 bits per heavy atom. The summed E-state index contributed by atoms with van der Waals surface area (Å²) >= 11 is 0. The molecule has 1 aliphatic carbocycles. The minimum Gasteiger partial charge on any atom is -0.396 e. The summed E-state index contributed by atoms with van der Waals surface area (Å²) in [5.41, 5.74) is 0.551. The molecule has 4 N–H and O–H groups in total. The Kier molecular flexibility index (Phi) is 4.89. The molecule has 3 rings (SSSR count). The molecule has 1 aliphatic heterocycles. The Bertz CT molecular complexity index is 739. The van der Waals surface area contributed by atoms with Gasteiger partial charge in [0.25, 0.3) is 0 Å². The summed E-state index contributed by atoms with van der Waals surface area (Å²) in [6.45, 7) is 0.561. The van der Waals surface area contributed by atoms with E-state index in [1.54, 1.807) is 4.90 Å². The fourth-order valence-electron chi connectivity index (χ4n) is 4.34. The minimum absolute atomic E-state index is 0.0240. The molecule has 1 saturated carbocycles. The van der Waals surface area contributed by atoms with Gasteiger partial charge in [0.1, 0.15) is 0 Å². The van der Waals surface area contributed by atoms with Crippen LogP contribution in [0.2, 0.25) is 0 Å². The van der Waals surface area contributed by atoms with Crippen LogP contribution in [0.4, 0.5) is 0 Å². The van der Waals surface area contributed by atoms with Crippen molar-refractivity contribution in [3.63, 3.8) is 0 Å². The van der Waals surface area contributed by atoms with E-state index in [1.807, 2.05) is 30.3 Å². The molecule has 4 atom stereocenters. The van der Waals surface area contributed by atoms with E-state index in [9.17, 15) is 23.4 Å². The molecule has 0 aromatic heterocycles. The average Bonchev–Trinajstić information content (AvgIpc) is 3.09. The van der Waals surface area contributed by atoms with Gasteiger partial charge in [-0.05, 0) is 23.8 Å². The summed E-state index contributed by atoms with van der Waals surface area (Å²) in [6.07, 6.45) is -0.445. The van der Waals surface area contributed by atoms with Crippen molar-refractivity contribution in [1.29, 1.82) is 0 Å². The van der Waals surface area contributed by atoms with Gasteiger partial charge in [-0.2, -0.15) is 0 Å². The van der Waals surface area contributed by atoms with Crippen molar-refractivity contribution in [3.8, 4) is 0 Å². The maximum Gasteiger partial charge on any atom is 0.222 e. The second-order valence-corrected chi connectivity index (χ2v) is 8.78. The van der Waals surface area contributed by atoms with Gasteiger partial charge in [-0.1, -0.05) is 30.3 Å². The van der Waals surface area contributed by atoms with E-state index in [-0.39, 0.29) is 49.5 Å². The number of sulfonamides is 1. The van der Waals surface area contributed by atoms with Crippen molar-refractivity contribution in [1.82, 2.24) is 4.90 Å². The van der Waals surface area contributed by atoms with Crippen LogP contribution in [0.5, 0.6) is 0 Å². The minimum atomic E-state index is -3.58. The Hall–Kier alpha value is -1.48. The van der Waals surface area contributed by atoms with Crippen molar-refractivity contribution in [2.24, 2.45) is 16.5 Å². The van der Waals surface area contributed by atoms with Gasteiger partial charge in [0.15, 0.2) is 0 Å². The molecule has 7 nitrogen and oxygen atoms in total. The summed E-state index contributed by atoms with van der Waals surface area (Å²) in [4.78, 5) is 13.9. The van der Waals surface area contributed by atoms with E-state index in [2.05, 4.69) is 0 Å². The van der Waals surface area contributed by atoms with Crippen LogP contribution in [-0.2, 0) is 14.8 Å². The van der Waals surface area contributed by atoms with Crippen LogP contribution in [0.3, 0.4) is 0 Å². The number of hydrogen-bond acceptors (Lipinski definition) is 5. The maximum atomic E-state index is 12.3. The predicted molar refractivity (Wildman–Crippen MR) is 92.0 cm³/mol. The fraction of sp³-hybridized carbons (Fsp3) is 0.588. The van der Waals surface area contributed by atoms with Gasteiger partial charge >= 0.3 is 0 Å². The second-order valence-electron chi connectivity index (χ2n) is 7.05. The number of nitrogens with zero attached hydrogens (tertiary/aromatic N) is 1. The highest BCUT2D eigenvalue weighted by atomic mass is 32.2. The van der Waals surface area contributed by atoms with Gasteiger partial charge in [0.2, 0.25) is 15.9 Å². The third kappa shape index (κ3) is 3.44. The topological polar surface area (TPSA) is 121 Å². The van der Waals surface area contributed by atoms with Crippen molar-refractivity contribution < 1.29 is 23.4 Å². The molecular formula is C17H24N2O5S. The highest BCUT2D eigenvalue weighted by Gasteiger charge is 2.71. The summed E-state index contributed by atoms with van der Waals surface area (Å²) in [7, 11) is -3.58. The van der Waals surface area contributed by atoms with Crippen molar-refractivity contribution >= 4 is 15.9 Å². The van der Waals surface area contributed by atoms with E-state index in [4.69, 9.17) is 5.14 Å². The van der Waals surface area contributed by atoms with Crippen molar-refractivity contribution in [3.05, 3.63) is 35.9 Å². The number of aliphatic hydroxyl groups is 2. The smallest absolute Gasteiger partial charge is 0.222 e. The Balaban J connectivity index is 1.68. The zero-order valence-corrected chi connectivity index (χ0v) is 14.7. The van der Waals surface area contributed by atoms with E-state index in [1.165, 1.54) is 0 Å². The summed E-state index contributed by atoms with van der Waals surface area (Å²) in [5, 5.41) is 25.3. The number of amides is 1. The maximum absolute atomic E-state index is 12.3. The molecule has 1 aromatic rings. The molecule has 25 heavy (non-hydrogen) atoms. The molecular weight excluding hydrogens is 344 g/mol. The molecule has 1 saturated heterocycles.